The molecule has 35 heavy (non-hydrogen) atoms. The molecular weight excluding hydrogens is 500 g/mol. The summed E-state index contributed by atoms with van der Waals surface area (Å²) in [5.41, 5.74) is 1.71. The quantitative estimate of drug-likeness (QED) is 0.223. The van der Waals surface area contributed by atoms with Gasteiger partial charge in [0.1, 0.15) is 24.1 Å². The van der Waals surface area contributed by atoms with Gasteiger partial charge in [-0.25, -0.2) is 4.98 Å². The lowest BCUT2D eigenvalue weighted by Gasteiger charge is -2.39. The number of ether oxygens (including phenoxy) is 4. The monoisotopic (exact) mass is 540 g/mol. The van der Waals surface area contributed by atoms with Crippen molar-refractivity contribution in [1.29, 1.82) is 0 Å². The van der Waals surface area contributed by atoms with Crippen LogP contribution in [0.15, 0.2) is 18.2 Å². The Balaban J connectivity index is 1.48. The Labute approximate surface area is 216 Å². The van der Waals surface area contributed by atoms with Crippen molar-refractivity contribution in [3.05, 3.63) is 23.4 Å². The predicted molar refractivity (Wildman–Crippen MR) is 145 cm³/mol. The summed E-state index contributed by atoms with van der Waals surface area (Å²) in [4.78, 5) is 4.48. The average molecular weight is 541 g/mol. The lowest BCUT2D eigenvalue weighted by molar-refractivity contribution is 0.00859. The third kappa shape index (κ3) is 6.14. The number of pyridine rings is 1. The number of nitrogens with zero attached hydrogens (tertiary/aromatic N) is 2. The fourth-order valence-electron chi connectivity index (χ4n) is 4.20. The van der Waals surface area contributed by atoms with E-state index < -0.39 is 16.4 Å². The molecule has 7 nitrogen and oxygen atoms in total. The molecule has 2 aliphatic rings. The van der Waals surface area contributed by atoms with Gasteiger partial charge >= 0.3 is 0 Å². The number of hydrogen-bond acceptors (Lipinski definition) is 6. The van der Waals surface area contributed by atoms with Crippen LogP contribution in [0.25, 0.3) is 11.0 Å². The van der Waals surface area contributed by atoms with Crippen LogP contribution in [0.2, 0.25) is 49.0 Å². The summed E-state index contributed by atoms with van der Waals surface area (Å²) in [5, 5.41) is 0.583. The van der Waals surface area contributed by atoms with E-state index in [2.05, 4.69) is 58.5 Å². The fraction of sp³-hybridized carbons (Fsp3) is 0.720. The molecule has 0 radical (unpaired) electrons. The third-order valence-electron chi connectivity index (χ3n) is 7.39. The van der Waals surface area contributed by atoms with Crippen LogP contribution in [0.5, 0.6) is 5.88 Å². The number of halogens is 1. The van der Waals surface area contributed by atoms with E-state index in [1.165, 1.54) is 0 Å². The normalized spacial score (nSPS) is 25.4. The number of hydrogen-bond donors (Lipinski definition) is 0. The minimum absolute atomic E-state index is 0.0641. The molecule has 4 rings (SSSR count). The van der Waals surface area contributed by atoms with E-state index in [-0.39, 0.29) is 29.5 Å². The van der Waals surface area contributed by atoms with E-state index in [0.717, 1.165) is 23.7 Å². The summed E-state index contributed by atoms with van der Waals surface area (Å²) in [7, 11) is -3.11. The summed E-state index contributed by atoms with van der Waals surface area (Å²) in [6.07, 6.45) is -0.577. The minimum atomic E-state index is -1.93. The van der Waals surface area contributed by atoms with Crippen LogP contribution in [0.3, 0.4) is 0 Å². The lowest BCUT2D eigenvalue weighted by atomic mass is 10.1. The van der Waals surface area contributed by atoms with Gasteiger partial charge in [0.05, 0.1) is 30.4 Å². The highest BCUT2D eigenvalue weighted by atomic mass is 35.5. The van der Waals surface area contributed by atoms with Crippen molar-refractivity contribution in [3.8, 4) is 5.88 Å². The van der Waals surface area contributed by atoms with Gasteiger partial charge in [0.25, 0.3) is 0 Å². The van der Waals surface area contributed by atoms with Crippen LogP contribution in [0.4, 0.5) is 0 Å². The molecule has 0 saturated carbocycles. The first-order valence-electron chi connectivity index (χ1n) is 12.6. The first kappa shape index (κ1) is 27.1. The van der Waals surface area contributed by atoms with E-state index in [1.807, 2.05) is 16.7 Å². The largest absolute Gasteiger partial charge is 0.470 e. The topological polar surface area (TPSA) is 64.0 Å². The second-order valence-corrected chi connectivity index (χ2v) is 23.2. The molecule has 0 amide bonds. The molecule has 2 fully saturated rings. The van der Waals surface area contributed by atoms with Crippen molar-refractivity contribution in [3.63, 3.8) is 0 Å². The van der Waals surface area contributed by atoms with Crippen LogP contribution in [-0.4, -0.2) is 70.2 Å². The third-order valence-corrected chi connectivity index (χ3v) is 13.8. The van der Waals surface area contributed by atoms with Gasteiger partial charge < -0.3 is 23.4 Å². The smallest absolute Gasteiger partial charge is 0.198 e. The molecule has 0 spiro atoms. The van der Waals surface area contributed by atoms with Gasteiger partial charge in [0.15, 0.2) is 20.3 Å². The Hall–Kier alpha value is -0.946. The molecule has 0 aromatic carbocycles. The summed E-state index contributed by atoms with van der Waals surface area (Å²) in [6, 6.07) is 6.79. The molecule has 2 saturated heterocycles. The van der Waals surface area contributed by atoms with Crippen LogP contribution in [-0.2, 0) is 25.4 Å². The molecule has 4 heterocycles. The van der Waals surface area contributed by atoms with Crippen LogP contribution in [0.1, 0.15) is 20.8 Å². The van der Waals surface area contributed by atoms with Gasteiger partial charge in [0, 0.05) is 20.7 Å². The molecule has 10 heteroatoms. The van der Waals surface area contributed by atoms with Gasteiger partial charge in [0.2, 0.25) is 0 Å². The van der Waals surface area contributed by atoms with E-state index in [1.54, 1.807) is 6.07 Å². The molecule has 0 unspecified atom stereocenters. The lowest BCUT2D eigenvalue weighted by Crippen LogP contribution is -2.47. The Bertz CT molecular complexity index is 1030. The molecule has 196 valence electrons. The predicted octanol–water partition coefficient (Wildman–Crippen LogP) is 5.94. The summed E-state index contributed by atoms with van der Waals surface area (Å²) in [5.74, 6) is 0.689. The second-order valence-electron chi connectivity index (χ2n) is 12.5. The van der Waals surface area contributed by atoms with Gasteiger partial charge in [-0.2, -0.15) is 0 Å². The maximum Gasteiger partial charge on any atom is 0.198 e. The van der Waals surface area contributed by atoms with E-state index in [4.69, 9.17) is 35.0 Å². The van der Waals surface area contributed by atoms with E-state index in [9.17, 15) is 0 Å². The van der Waals surface area contributed by atoms with Gasteiger partial charge in [-0.15, -0.1) is 0 Å². The zero-order valence-corrected chi connectivity index (χ0v) is 25.1. The van der Waals surface area contributed by atoms with Crippen LogP contribution in [0, 0.1) is 0 Å². The van der Waals surface area contributed by atoms with E-state index in [0.29, 0.717) is 31.0 Å². The average Bonchev–Trinajstić information content (AvgIpc) is 3.39. The van der Waals surface area contributed by atoms with Crippen molar-refractivity contribution in [2.75, 3.05) is 19.8 Å². The second kappa shape index (κ2) is 10.1. The molecule has 0 N–H and O–H groups in total. The highest BCUT2D eigenvalue weighted by Crippen LogP contribution is 2.41. The summed E-state index contributed by atoms with van der Waals surface area (Å²) >= 11 is 6.16. The highest BCUT2D eigenvalue weighted by molar-refractivity contribution is 6.76. The van der Waals surface area contributed by atoms with Crippen molar-refractivity contribution < 1.29 is 23.4 Å². The van der Waals surface area contributed by atoms with E-state index >= 15 is 0 Å². The SMILES string of the molecule is CC(C)(C)[Si](C)(C)O[C@@H]1CO[C@H]2[C@@H]1OC[C@H]2Oc1cc2nc(Cl)ccc2n1COCC[Si](C)(C)C. The highest BCUT2D eigenvalue weighted by Gasteiger charge is 2.52. The number of rotatable bonds is 9. The minimum Gasteiger partial charge on any atom is -0.470 e. The molecule has 4 atom stereocenters. The summed E-state index contributed by atoms with van der Waals surface area (Å²) < 4.78 is 33.6. The molecule has 0 aliphatic carbocycles. The maximum atomic E-state index is 6.64. The van der Waals surface area contributed by atoms with Gasteiger partial charge in [-0.1, -0.05) is 52.0 Å². The van der Waals surface area contributed by atoms with Crippen molar-refractivity contribution in [2.45, 2.75) is 95.7 Å². The summed E-state index contributed by atoms with van der Waals surface area (Å²) in [6.45, 7) is 20.4. The number of aromatic nitrogens is 2. The zero-order valence-electron chi connectivity index (χ0n) is 22.4. The first-order chi connectivity index (χ1) is 16.2. The van der Waals surface area contributed by atoms with Gasteiger partial charge in [-0.05, 0) is 36.3 Å². The van der Waals surface area contributed by atoms with Crippen molar-refractivity contribution in [1.82, 2.24) is 9.55 Å². The molecule has 0 bridgehead atoms. The Morgan fingerprint density at radius 1 is 1.06 bits per heavy atom. The number of fused-ring (bicyclic) bond motifs is 2. The zero-order chi connectivity index (χ0) is 25.6. The Morgan fingerprint density at radius 3 is 2.37 bits per heavy atom. The van der Waals surface area contributed by atoms with Crippen LogP contribution < -0.4 is 4.74 Å². The first-order valence-corrected chi connectivity index (χ1v) is 19.6. The maximum absolute atomic E-state index is 6.64. The van der Waals surface area contributed by atoms with Crippen molar-refractivity contribution in [2.24, 2.45) is 0 Å². The molecule has 2 aliphatic heterocycles. The molecular formula is C25H41ClN2O5Si2. The molecule has 2 aromatic heterocycles. The fourth-order valence-corrected chi connectivity index (χ4v) is 6.42. The van der Waals surface area contributed by atoms with Crippen LogP contribution >= 0.6 is 11.6 Å². The Kier molecular flexibility index (Phi) is 7.80. The standard InChI is InChI=1S/C25H41ClN2O5Si2/c1-25(2,3)35(7,8)33-20-15-31-23-19(14-30-24(20)23)32-22-13-17-18(9-10-21(26)27-17)28(22)16-29-11-12-34(4,5)6/h9-10,13,19-20,23-24H,11-12,14-16H2,1-8H3/t19-,20-,23-,24-/m1/s1. The Morgan fingerprint density at radius 2 is 1.71 bits per heavy atom. The van der Waals surface area contributed by atoms with Gasteiger partial charge in [-0.3, -0.25) is 4.57 Å². The molecule has 2 aromatic rings. The van der Waals surface area contributed by atoms with Crippen molar-refractivity contribution >= 4 is 39.0 Å².